The Morgan fingerprint density at radius 1 is 1.54 bits per heavy atom. The molecule has 13 heavy (non-hydrogen) atoms. The van der Waals surface area contributed by atoms with Gasteiger partial charge in [-0.05, 0) is 27.3 Å². The fourth-order valence-corrected chi connectivity index (χ4v) is 1.16. The molecule has 0 radical (unpaired) electrons. The number of hydrogen-bond acceptors (Lipinski definition) is 3. The van der Waals surface area contributed by atoms with Gasteiger partial charge in [-0.3, -0.25) is 4.79 Å². The van der Waals surface area contributed by atoms with Crippen LogP contribution in [-0.2, 0) is 9.53 Å². The Morgan fingerprint density at radius 2 is 2.08 bits per heavy atom. The van der Waals surface area contributed by atoms with Gasteiger partial charge in [-0.15, -0.1) is 0 Å². The molecule has 1 N–H and O–H groups in total. The van der Waals surface area contributed by atoms with Gasteiger partial charge in [0.1, 0.15) is 0 Å². The fourth-order valence-electron chi connectivity index (χ4n) is 1.16. The summed E-state index contributed by atoms with van der Waals surface area (Å²) in [6.07, 6.45) is 0.792. The number of carbonyl (C=O) groups excluding carboxylic acids is 1. The van der Waals surface area contributed by atoms with E-state index in [2.05, 4.69) is 5.32 Å². The molecular formula is C10H21NO2. The van der Waals surface area contributed by atoms with Crippen LogP contribution in [0.1, 0.15) is 27.2 Å². The summed E-state index contributed by atoms with van der Waals surface area (Å²) in [5.74, 6) is 0.300. The van der Waals surface area contributed by atoms with Crippen LogP contribution in [0.25, 0.3) is 0 Å². The summed E-state index contributed by atoms with van der Waals surface area (Å²) in [5.41, 5.74) is -0.423. The maximum atomic E-state index is 11.8. The van der Waals surface area contributed by atoms with Crippen molar-refractivity contribution in [2.45, 2.75) is 32.7 Å². The van der Waals surface area contributed by atoms with Crippen LogP contribution in [0, 0.1) is 5.92 Å². The molecule has 0 aromatic carbocycles. The predicted octanol–water partition coefficient (Wildman–Crippen LogP) is 1.23. The van der Waals surface area contributed by atoms with E-state index in [4.69, 9.17) is 4.74 Å². The van der Waals surface area contributed by atoms with E-state index in [-0.39, 0.29) is 11.7 Å². The lowest BCUT2D eigenvalue weighted by Crippen LogP contribution is -2.47. The van der Waals surface area contributed by atoms with Crippen LogP contribution >= 0.6 is 0 Å². The number of ether oxygens (including phenoxy) is 1. The van der Waals surface area contributed by atoms with E-state index in [9.17, 15) is 4.79 Å². The van der Waals surface area contributed by atoms with Crippen molar-refractivity contribution >= 4 is 5.78 Å². The van der Waals surface area contributed by atoms with Crippen molar-refractivity contribution in [3.05, 3.63) is 0 Å². The van der Waals surface area contributed by atoms with Crippen molar-refractivity contribution in [3.63, 3.8) is 0 Å². The lowest BCUT2D eigenvalue weighted by molar-refractivity contribution is -0.128. The third-order valence-corrected chi connectivity index (χ3v) is 2.44. The first-order valence-corrected chi connectivity index (χ1v) is 4.68. The molecule has 0 saturated carbocycles. The zero-order valence-corrected chi connectivity index (χ0v) is 9.31. The Hall–Kier alpha value is -0.410. The molecule has 0 aliphatic carbocycles. The second kappa shape index (κ2) is 5.35. The van der Waals surface area contributed by atoms with Crippen LogP contribution in [0.15, 0.2) is 0 Å². The molecule has 0 aliphatic rings. The minimum atomic E-state index is -0.423. The molecule has 0 heterocycles. The van der Waals surface area contributed by atoms with Crippen molar-refractivity contribution in [1.82, 2.24) is 5.32 Å². The highest BCUT2D eigenvalue weighted by molar-refractivity contribution is 5.89. The lowest BCUT2D eigenvalue weighted by Gasteiger charge is -2.25. The van der Waals surface area contributed by atoms with Gasteiger partial charge in [0.2, 0.25) is 0 Å². The van der Waals surface area contributed by atoms with Gasteiger partial charge in [-0.1, -0.05) is 6.92 Å². The Morgan fingerprint density at radius 3 is 2.46 bits per heavy atom. The fraction of sp³-hybridized carbons (Fsp3) is 0.900. The zero-order valence-electron chi connectivity index (χ0n) is 9.31. The monoisotopic (exact) mass is 187 g/mol. The van der Waals surface area contributed by atoms with E-state index in [0.29, 0.717) is 6.61 Å². The molecule has 0 aromatic heterocycles. The highest BCUT2D eigenvalue weighted by Crippen LogP contribution is 2.13. The highest BCUT2D eigenvalue weighted by atomic mass is 16.5. The quantitative estimate of drug-likeness (QED) is 0.679. The van der Waals surface area contributed by atoms with E-state index in [1.165, 1.54) is 0 Å². The number of Topliss-reactive ketones (excluding diaryl/α,β-unsaturated/α-hetero) is 1. The van der Waals surface area contributed by atoms with E-state index >= 15 is 0 Å². The normalized spacial score (nSPS) is 14.2. The largest absolute Gasteiger partial charge is 0.385 e. The summed E-state index contributed by atoms with van der Waals surface area (Å²) in [6.45, 7) is 6.39. The third-order valence-electron chi connectivity index (χ3n) is 2.44. The van der Waals surface area contributed by atoms with Crippen LogP contribution < -0.4 is 5.32 Å². The van der Waals surface area contributed by atoms with Gasteiger partial charge >= 0.3 is 0 Å². The molecule has 0 saturated heterocycles. The molecule has 78 valence electrons. The zero-order chi connectivity index (χ0) is 10.5. The lowest BCUT2D eigenvalue weighted by atomic mass is 9.88. The van der Waals surface area contributed by atoms with Crippen molar-refractivity contribution in [1.29, 1.82) is 0 Å². The first-order valence-electron chi connectivity index (χ1n) is 4.68. The van der Waals surface area contributed by atoms with Crippen molar-refractivity contribution in [2.24, 2.45) is 5.92 Å². The molecule has 0 bridgehead atoms. The van der Waals surface area contributed by atoms with Crippen LogP contribution in [0.2, 0.25) is 0 Å². The number of hydrogen-bond donors (Lipinski definition) is 1. The topological polar surface area (TPSA) is 38.3 Å². The molecular weight excluding hydrogens is 166 g/mol. The van der Waals surface area contributed by atoms with Gasteiger partial charge in [0.25, 0.3) is 0 Å². The summed E-state index contributed by atoms with van der Waals surface area (Å²) < 4.78 is 4.94. The van der Waals surface area contributed by atoms with Crippen LogP contribution in [0.5, 0.6) is 0 Å². The molecule has 3 heteroatoms. The summed E-state index contributed by atoms with van der Waals surface area (Å²) in [4.78, 5) is 11.8. The smallest absolute Gasteiger partial charge is 0.155 e. The van der Waals surface area contributed by atoms with Crippen LogP contribution in [-0.4, -0.2) is 32.1 Å². The second-order valence-electron chi connectivity index (χ2n) is 3.92. The predicted molar refractivity (Wildman–Crippen MR) is 53.8 cm³/mol. The van der Waals surface area contributed by atoms with Crippen molar-refractivity contribution in [2.75, 3.05) is 20.8 Å². The summed E-state index contributed by atoms with van der Waals surface area (Å²) in [7, 11) is 3.46. The Kier molecular flexibility index (Phi) is 5.18. The van der Waals surface area contributed by atoms with Gasteiger partial charge < -0.3 is 10.1 Å². The average Bonchev–Trinajstić information content (AvgIpc) is 2.12. The Bertz CT molecular complexity index is 166. The summed E-state index contributed by atoms with van der Waals surface area (Å²) in [6, 6.07) is 0. The SMILES string of the molecule is CNC(C)(C)C(=O)C(C)CCOC. The first kappa shape index (κ1) is 12.6. The molecule has 0 amide bonds. The van der Waals surface area contributed by atoms with Gasteiger partial charge in [0, 0.05) is 19.6 Å². The van der Waals surface area contributed by atoms with E-state index < -0.39 is 5.54 Å². The van der Waals surface area contributed by atoms with Gasteiger partial charge in [-0.2, -0.15) is 0 Å². The number of nitrogens with one attached hydrogen (secondary N) is 1. The number of likely N-dealkylation sites (N-methyl/N-ethyl adjacent to an activating group) is 1. The number of ketones is 1. The van der Waals surface area contributed by atoms with Gasteiger partial charge in [0.05, 0.1) is 5.54 Å². The minimum absolute atomic E-state index is 0.0578. The van der Waals surface area contributed by atoms with E-state index in [0.717, 1.165) is 6.42 Å². The van der Waals surface area contributed by atoms with Crippen LogP contribution in [0.4, 0.5) is 0 Å². The Balaban J connectivity index is 4.09. The Labute approximate surface area is 80.8 Å². The molecule has 0 aromatic rings. The number of carbonyl (C=O) groups is 1. The molecule has 0 fully saturated rings. The molecule has 3 nitrogen and oxygen atoms in total. The minimum Gasteiger partial charge on any atom is -0.385 e. The summed E-state index contributed by atoms with van der Waals surface area (Å²) in [5, 5.41) is 3.01. The molecule has 1 unspecified atom stereocenters. The molecule has 1 atom stereocenters. The first-order chi connectivity index (χ1) is 5.95. The van der Waals surface area contributed by atoms with Crippen LogP contribution in [0.3, 0.4) is 0 Å². The maximum Gasteiger partial charge on any atom is 0.155 e. The number of methoxy groups -OCH3 is 1. The maximum absolute atomic E-state index is 11.8. The van der Waals surface area contributed by atoms with E-state index in [1.54, 1.807) is 14.2 Å². The van der Waals surface area contributed by atoms with Crippen molar-refractivity contribution < 1.29 is 9.53 Å². The highest BCUT2D eigenvalue weighted by Gasteiger charge is 2.29. The summed E-state index contributed by atoms with van der Waals surface area (Å²) >= 11 is 0. The molecule has 0 spiro atoms. The average molecular weight is 187 g/mol. The van der Waals surface area contributed by atoms with Crippen molar-refractivity contribution in [3.8, 4) is 0 Å². The van der Waals surface area contributed by atoms with Gasteiger partial charge in [-0.25, -0.2) is 0 Å². The molecule has 0 rings (SSSR count). The van der Waals surface area contributed by atoms with Gasteiger partial charge in [0.15, 0.2) is 5.78 Å². The molecule has 0 aliphatic heterocycles. The number of rotatable bonds is 6. The second-order valence-corrected chi connectivity index (χ2v) is 3.92. The third kappa shape index (κ3) is 3.87. The van der Waals surface area contributed by atoms with E-state index in [1.807, 2.05) is 20.8 Å². The standard InChI is InChI=1S/C10H21NO2/c1-8(6-7-13-5)9(12)10(2,3)11-4/h8,11H,6-7H2,1-5H3.